The van der Waals surface area contributed by atoms with Crippen LogP contribution in [-0.4, -0.2) is 89.8 Å². The highest BCUT2D eigenvalue weighted by Crippen LogP contribution is 2.37. The van der Waals surface area contributed by atoms with Gasteiger partial charge in [-0.25, -0.2) is 25.3 Å². The van der Waals surface area contributed by atoms with Gasteiger partial charge < -0.3 is 15.4 Å². The van der Waals surface area contributed by atoms with Crippen molar-refractivity contribution in [3.05, 3.63) is 18.2 Å². The number of methoxy groups -OCH3 is 1. The van der Waals surface area contributed by atoms with Crippen molar-refractivity contribution in [3.63, 3.8) is 0 Å². The van der Waals surface area contributed by atoms with Crippen LogP contribution in [0, 0.1) is 0 Å². The number of nitrogens with one attached hydrogen (secondary N) is 2. The molecular formula is C17H23N3O8S3. The van der Waals surface area contributed by atoms with Crippen LogP contribution in [0.5, 0.6) is 5.75 Å². The Hall–Kier alpha value is -1.74. The molecule has 3 saturated heterocycles. The van der Waals surface area contributed by atoms with Crippen molar-refractivity contribution in [3.8, 4) is 5.75 Å². The summed E-state index contributed by atoms with van der Waals surface area (Å²) in [6, 6.07) is 0.676. The number of amides is 1. The van der Waals surface area contributed by atoms with E-state index in [0.717, 1.165) is 4.31 Å². The fourth-order valence-electron chi connectivity index (χ4n) is 4.61. The van der Waals surface area contributed by atoms with Gasteiger partial charge in [0.25, 0.3) is 0 Å². The van der Waals surface area contributed by atoms with Crippen molar-refractivity contribution in [2.75, 3.05) is 35.4 Å². The number of carbonyl (C=O) groups excluding carboxylic acids is 1. The summed E-state index contributed by atoms with van der Waals surface area (Å²) in [4.78, 5) is 11.3. The Kier molecular flexibility index (Phi) is 5.36. The molecule has 31 heavy (non-hydrogen) atoms. The van der Waals surface area contributed by atoms with E-state index >= 15 is 0 Å². The Bertz CT molecular complexity index is 1200. The maximum atomic E-state index is 13.7. The van der Waals surface area contributed by atoms with E-state index in [0.29, 0.717) is 0 Å². The molecule has 0 aliphatic carbocycles. The number of fused-ring (bicyclic) bond motifs is 2. The maximum Gasteiger partial charge on any atom is 0.243 e. The van der Waals surface area contributed by atoms with Crippen LogP contribution in [0.1, 0.15) is 6.92 Å². The average Bonchev–Trinajstić information content (AvgIpc) is 3.10. The standard InChI is InChI=1S/C17H23N3O8S3/c1-10(21)18-12-5-11(3-4-17(12)28-2)31(26,27)20-15-8-29(22,23)6-13(15)19-14-7-30(24,25)9-16(14)20/h3-5,13-16,19H,6-9H2,1-2H3,(H,18,21)/t13-,14-,15-,16+/m0/s1. The zero-order chi connectivity index (χ0) is 22.8. The lowest BCUT2D eigenvalue weighted by atomic mass is 10.0. The number of ether oxygens (including phenoxy) is 1. The van der Waals surface area contributed by atoms with Crippen LogP contribution in [0.4, 0.5) is 5.69 Å². The number of anilines is 1. The summed E-state index contributed by atoms with van der Waals surface area (Å²) < 4.78 is 82.7. The Labute approximate surface area is 181 Å². The summed E-state index contributed by atoms with van der Waals surface area (Å²) in [5.74, 6) is -1.47. The zero-order valence-electron chi connectivity index (χ0n) is 16.8. The van der Waals surface area contributed by atoms with Gasteiger partial charge in [0.05, 0.1) is 52.8 Å². The van der Waals surface area contributed by atoms with Gasteiger partial charge in [0.2, 0.25) is 15.9 Å². The SMILES string of the molecule is COc1ccc(S(=O)(=O)N2[C@@H]3CS(=O)(=O)C[C@@H]3N[C@H]3CS(=O)(=O)C[C@@H]32)cc1NC(C)=O. The Balaban J connectivity index is 1.82. The summed E-state index contributed by atoms with van der Waals surface area (Å²) in [6.45, 7) is 1.26. The Morgan fingerprint density at radius 1 is 1.06 bits per heavy atom. The van der Waals surface area contributed by atoms with Gasteiger partial charge in [-0.15, -0.1) is 0 Å². The van der Waals surface area contributed by atoms with Gasteiger partial charge in [-0.05, 0) is 18.2 Å². The van der Waals surface area contributed by atoms with Crippen LogP contribution in [0.2, 0.25) is 0 Å². The highest BCUT2D eigenvalue weighted by atomic mass is 32.2. The first-order chi connectivity index (χ1) is 14.3. The highest BCUT2D eigenvalue weighted by molar-refractivity contribution is 7.92. The monoisotopic (exact) mass is 493 g/mol. The first-order valence-electron chi connectivity index (χ1n) is 9.49. The lowest BCUT2D eigenvalue weighted by molar-refractivity contribution is -0.114. The van der Waals surface area contributed by atoms with E-state index in [1.807, 2.05) is 0 Å². The smallest absolute Gasteiger partial charge is 0.243 e. The first-order valence-corrected chi connectivity index (χ1v) is 14.6. The van der Waals surface area contributed by atoms with Gasteiger partial charge in [0, 0.05) is 19.0 Å². The molecule has 3 aliphatic heterocycles. The third-order valence-corrected chi connectivity index (χ3v) is 11.2. The molecule has 1 aromatic carbocycles. The van der Waals surface area contributed by atoms with Crippen LogP contribution in [0.15, 0.2) is 23.1 Å². The fraction of sp³-hybridized carbons (Fsp3) is 0.588. The zero-order valence-corrected chi connectivity index (χ0v) is 19.3. The number of piperazine rings is 1. The molecule has 1 amide bonds. The summed E-state index contributed by atoms with van der Waals surface area (Å²) in [6.07, 6.45) is 0. The van der Waals surface area contributed by atoms with Gasteiger partial charge >= 0.3 is 0 Å². The van der Waals surface area contributed by atoms with E-state index in [4.69, 9.17) is 4.74 Å². The third kappa shape index (κ3) is 4.06. The predicted molar refractivity (Wildman–Crippen MR) is 112 cm³/mol. The van der Waals surface area contributed by atoms with Gasteiger partial charge in [-0.1, -0.05) is 0 Å². The topological polar surface area (TPSA) is 156 Å². The van der Waals surface area contributed by atoms with E-state index < -0.39 is 59.8 Å². The largest absolute Gasteiger partial charge is 0.495 e. The van der Waals surface area contributed by atoms with Gasteiger partial charge in [0.15, 0.2) is 19.7 Å². The normalized spacial score (nSPS) is 31.5. The second-order valence-electron chi connectivity index (χ2n) is 8.05. The average molecular weight is 494 g/mol. The maximum absolute atomic E-state index is 13.7. The fourth-order valence-corrected chi connectivity index (χ4v) is 10.5. The van der Waals surface area contributed by atoms with Crippen molar-refractivity contribution < 1.29 is 34.8 Å². The number of rotatable bonds is 4. The number of sulfone groups is 2. The molecule has 0 unspecified atom stereocenters. The minimum atomic E-state index is -4.30. The molecule has 0 saturated carbocycles. The van der Waals surface area contributed by atoms with Crippen LogP contribution < -0.4 is 15.4 Å². The summed E-state index contributed by atoms with van der Waals surface area (Å²) >= 11 is 0. The number of sulfonamides is 1. The molecule has 14 heteroatoms. The molecule has 4 rings (SSSR count). The molecule has 1 aromatic rings. The molecule has 172 valence electrons. The number of hydrogen-bond acceptors (Lipinski definition) is 9. The van der Waals surface area contributed by atoms with Crippen LogP contribution in [-0.2, 0) is 34.5 Å². The molecule has 4 atom stereocenters. The quantitative estimate of drug-likeness (QED) is 0.514. The van der Waals surface area contributed by atoms with Crippen molar-refractivity contribution in [1.29, 1.82) is 0 Å². The van der Waals surface area contributed by atoms with Gasteiger partial charge in [-0.3, -0.25) is 4.79 Å². The third-order valence-electron chi connectivity index (χ3n) is 5.78. The van der Waals surface area contributed by atoms with Gasteiger partial charge in [0.1, 0.15) is 5.75 Å². The van der Waals surface area contributed by atoms with Crippen molar-refractivity contribution in [2.45, 2.75) is 36.0 Å². The van der Waals surface area contributed by atoms with Crippen molar-refractivity contribution in [2.24, 2.45) is 0 Å². The lowest BCUT2D eigenvalue weighted by Gasteiger charge is -2.43. The minimum Gasteiger partial charge on any atom is -0.495 e. The molecule has 0 radical (unpaired) electrons. The van der Waals surface area contributed by atoms with E-state index in [2.05, 4.69) is 10.6 Å². The molecular weight excluding hydrogens is 470 g/mol. The summed E-state index contributed by atoms with van der Waals surface area (Å²) in [5, 5.41) is 5.56. The second kappa shape index (κ2) is 7.40. The molecule has 3 heterocycles. The van der Waals surface area contributed by atoms with Crippen LogP contribution >= 0.6 is 0 Å². The minimum absolute atomic E-state index is 0.136. The number of carbonyl (C=O) groups is 1. The molecule has 0 spiro atoms. The number of nitrogens with zero attached hydrogens (tertiary/aromatic N) is 1. The van der Waals surface area contributed by atoms with Crippen LogP contribution in [0.25, 0.3) is 0 Å². The molecule has 2 N–H and O–H groups in total. The molecule has 0 bridgehead atoms. The molecule has 0 aromatic heterocycles. The van der Waals surface area contributed by atoms with Crippen molar-refractivity contribution >= 4 is 41.3 Å². The highest BCUT2D eigenvalue weighted by Gasteiger charge is 2.57. The van der Waals surface area contributed by atoms with Crippen molar-refractivity contribution in [1.82, 2.24) is 9.62 Å². The molecule has 3 fully saturated rings. The number of benzene rings is 1. The molecule has 11 nitrogen and oxygen atoms in total. The van der Waals surface area contributed by atoms with E-state index in [-0.39, 0.29) is 39.3 Å². The Morgan fingerprint density at radius 3 is 2.10 bits per heavy atom. The van der Waals surface area contributed by atoms with E-state index in [1.165, 1.54) is 32.2 Å². The van der Waals surface area contributed by atoms with Gasteiger partial charge in [-0.2, -0.15) is 4.31 Å². The summed E-state index contributed by atoms with van der Waals surface area (Å²) in [7, 11) is -9.92. The Morgan fingerprint density at radius 2 is 1.61 bits per heavy atom. The number of hydrogen-bond donors (Lipinski definition) is 2. The first kappa shape index (κ1) is 22.5. The second-order valence-corrected chi connectivity index (χ2v) is 14.2. The van der Waals surface area contributed by atoms with E-state index in [1.54, 1.807) is 0 Å². The molecule has 3 aliphatic rings. The van der Waals surface area contributed by atoms with Crippen LogP contribution in [0.3, 0.4) is 0 Å². The summed E-state index contributed by atoms with van der Waals surface area (Å²) in [5.41, 5.74) is 0.136. The predicted octanol–water partition coefficient (Wildman–Crippen LogP) is -1.42. The van der Waals surface area contributed by atoms with E-state index in [9.17, 15) is 30.0 Å². The lowest BCUT2D eigenvalue weighted by Crippen LogP contribution is -2.67.